The summed E-state index contributed by atoms with van der Waals surface area (Å²) in [5.74, 6) is 0.629. The summed E-state index contributed by atoms with van der Waals surface area (Å²) in [6, 6.07) is 35.1. The van der Waals surface area contributed by atoms with Gasteiger partial charge in [0.15, 0.2) is 0 Å². The van der Waals surface area contributed by atoms with E-state index in [2.05, 4.69) is 21.2 Å². The average molecular weight is 538 g/mol. The van der Waals surface area contributed by atoms with Crippen molar-refractivity contribution in [3.05, 3.63) is 137 Å². The predicted molar refractivity (Wildman–Crippen MR) is 145 cm³/mol. The number of benzene rings is 4. The molecule has 0 saturated carbocycles. The van der Waals surface area contributed by atoms with Gasteiger partial charge in [-0.3, -0.25) is 4.79 Å². The smallest absolute Gasteiger partial charge is 0.251 e. The topological polar surface area (TPSA) is 56.2 Å². The molecule has 5 aromatic rings. The molecule has 6 heteroatoms. The fourth-order valence-electron chi connectivity index (χ4n) is 3.87. The molecule has 1 aromatic heterocycles. The number of hydrogen-bond donors (Lipinski definition) is 1. The van der Waals surface area contributed by atoms with Gasteiger partial charge in [-0.2, -0.15) is 5.10 Å². The van der Waals surface area contributed by atoms with Crippen LogP contribution in [0.2, 0.25) is 0 Å². The number of para-hydroxylation sites is 1. The first-order valence-corrected chi connectivity index (χ1v) is 12.4. The van der Waals surface area contributed by atoms with Crippen LogP contribution in [-0.4, -0.2) is 15.7 Å². The van der Waals surface area contributed by atoms with Crippen LogP contribution in [0.25, 0.3) is 16.9 Å². The molecule has 0 aliphatic rings. The van der Waals surface area contributed by atoms with Gasteiger partial charge in [-0.25, -0.2) is 4.68 Å². The highest BCUT2D eigenvalue weighted by atomic mass is 79.9. The molecule has 4 aromatic carbocycles. The molecular weight excluding hydrogens is 514 g/mol. The third kappa shape index (κ3) is 5.73. The Balaban J connectivity index is 1.30. The van der Waals surface area contributed by atoms with Crippen molar-refractivity contribution >= 4 is 21.8 Å². The van der Waals surface area contributed by atoms with Gasteiger partial charge in [0.25, 0.3) is 5.91 Å². The lowest BCUT2D eigenvalue weighted by atomic mass is 10.1. The SMILES string of the molecule is O=C(NCc1cn(-c2ccccc2)nc1-c1ccccc1)c1cccc(COc2ccc(Br)cc2)c1. The standard InChI is InChI=1S/C30H24BrN3O2/c31-26-14-16-28(17-15-26)36-21-22-8-7-11-24(18-22)30(35)32-19-25-20-34(27-12-5-2-6-13-27)33-29(25)23-9-3-1-4-10-23/h1-18,20H,19,21H2,(H,32,35). The van der Waals surface area contributed by atoms with Crippen LogP contribution in [-0.2, 0) is 13.2 Å². The summed E-state index contributed by atoms with van der Waals surface area (Å²) in [6.07, 6.45) is 1.97. The lowest BCUT2D eigenvalue weighted by molar-refractivity contribution is 0.0951. The summed E-state index contributed by atoms with van der Waals surface area (Å²) in [5.41, 5.74) is 5.26. The van der Waals surface area contributed by atoms with Gasteiger partial charge < -0.3 is 10.1 Å². The molecule has 1 amide bonds. The number of nitrogens with one attached hydrogen (secondary N) is 1. The molecule has 0 atom stereocenters. The van der Waals surface area contributed by atoms with E-state index in [1.807, 2.05) is 120 Å². The summed E-state index contributed by atoms with van der Waals surface area (Å²) < 4.78 is 8.71. The van der Waals surface area contributed by atoms with E-state index in [4.69, 9.17) is 9.84 Å². The Morgan fingerprint density at radius 2 is 1.58 bits per heavy atom. The van der Waals surface area contributed by atoms with Gasteiger partial charge >= 0.3 is 0 Å². The normalized spacial score (nSPS) is 10.7. The molecule has 1 heterocycles. The number of rotatable bonds is 8. The molecule has 0 aliphatic heterocycles. The van der Waals surface area contributed by atoms with E-state index in [-0.39, 0.29) is 5.91 Å². The fraction of sp³-hybridized carbons (Fsp3) is 0.0667. The summed E-state index contributed by atoms with van der Waals surface area (Å²) >= 11 is 3.42. The molecule has 36 heavy (non-hydrogen) atoms. The van der Waals surface area contributed by atoms with E-state index in [0.717, 1.165) is 38.3 Å². The Morgan fingerprint density at radius 3 is 2.33 bits per heavy atom. The Labute approximate surface area is 218 Å². The second kappa shape index (κ2) is 11.1. The van der Waals surface area contributed by atoms with E-state index < -0.39 is 0 Å². The molecule has 0 aliphatic carbocycles. The predicted octanol–water partition coefficient (Wildman–Crippen LogP) is 6.81. The van der Waals surface area contributed by atoms with Crippen molar-refractivity contribution in [2.24, 2.45) is 0 Å². The van der Waals surface area contributed by atoms with Crippen molar-refractivity contribution in [1.29, 1.82) is 0 Å². The largest absolute Gasteiger partial charge is 0.489 e. The van der Waals surface area contributed by atoms with Crippen molar-refractivity contribution < 1.29 is 9.53 Å². The number of halogens is 1. The third-order valence-corrected chi connectivity index (χ3v) is 6.23. The van der Waals surface area contributed by atoms with Crippen molar-refractivity contribution in [2.75, 3.05) is 0 Å². The molecule has 5 nitrogen and oxygen atoms in total. The highest BCUT2D eigenvalue weighted by Gasteiger charge is 2.14. The van der Waals surface area contributed by atoms with Gasteiger partial charge in [-0.05, 0) is 54.1 Å². The van der Waals surface area contributed by atoms with Gasteiger partial charge in [-0.1, -0.05) is 76.6 Å². The molecule has 1 N–H and O–H groups in total. The number of aromatic nitrogens is 2. The second-order valence-corrected chi connectivity index (χ2v) is 9.19. The minimum absolute atomic E-state index is 0.146. The van der Waals surface area contributed by atoms with E-state index in [0.29, 0.717) is 18.7 Å². The third-order valence-electron chi connectivity index (χ3n) is 5.71. The van der Waals surface area contributed by atoms with Crippen molar-refractivity contribution in [1.82, 2.24) is 15.1 Å². The number of hydrogen-bond acceptors (Lipinski definition) is 3. The summed E-state index contributed by atoms with van der Waals surface area (Å²) in [4.78, 5) is 13.0. The number of nitrogens with zero attached hydrogens (tertiary/aromatic N) is 2. The molecular formula is C30H24BrN3O2. The minimum Gasteiger partial charge on any atom is -0.489 e. The van der Waals surface area contributed by atoms with Crippen LogP contribution < -0.4 is 10.1 Å². The average Bonchev–Trinajstić information content (AvgIpc) is 3.37. The van der Waals surface area contributed by atoms with Crippen LogP contribution >= 0.6 is 15.9 Å². The number of carbonyl (C=O) groups is 1. The van der Waals surface area contributed by atoms with Gasteiger partial charge in [0.2, 0.25) is 0 Å². The van der Waals surface area contributed by atoms with Crippen LogP contribution in [0.1, 0.15) is 21.5 Å². The number of carbonyl (C=O) groups excluding carboxylic acids is 1. The quantitative estimate of drug-likeness (QED) is 0.236. The molecule has 0 saturated heterocycles. The minimum atomic E-state index is -0.146. The lowest BCUT2D eigenvalue weighted by Crippen LogP contribution is -2.23. The van der Waals surface area contributed by atoms with Gasteiger partial charge in [0.05, 0.1) is 11.4 Å². The Kier molecular flexibility index (Phi) is 7.24. The zero-order chi connectivity index (χ0) is 24.7. The van der Waals surface area contributed by atoms with Gasteiger partial charge in [-0.15, -0.1) is 0 Å². The van der Waals surface area contributed by atoms with E-state index >= 15 is 0 Å². The van der Waals surface area contributed by atoms with E-state index in [1.165, 1.54) is 0 Å². The summed E-state index contributed by atoms with van der Waals surface area (Å²) in [5, 5.41) is 7.88. The molecule has 0 bridgehead atoms. The van der Waals surface area contributed by atoms with E-state index in [1.54, 1.807) is 0 Å². The van der Waals surface area contributed by atoms with Gasteiger partial charge in [0, 0.05) is 33.9 Å². The first-order chi connectivity index (χ1) is 17.7. The lowest BCUT2D eigenvalue weighted by Gasteiger charge is -2.09. The molecule has 0 radical (unpaired) electrons. The van der Waals surface area contributed by atoms with Crippen LogP contribution in [0.4, 0.5) is 0 Å². The van der Waals surface area contributed by atoms with Crippen molar-refractivity contribution in [3.8, 4) is 22.7 Å². The number of ether oxygens (including phenoxy) is 1. The van der Waals surface area contributed by atoms with Crippen LogP contribution in [0.3, 0.4) is 0 Å². The van der Waals surface area contributed by atoms with Crippen LogP contribution in [0.15, 0.2) is 120 Å². The molecule has 0 spiro atoms. The highest BCUT2D eigenvalue weighted by Crippen LogP contribution is 2.24. The molecule has 0 unspecified atom stereocenters. The van der Waals surface area contributed by atoms with Crippen LogP contribution in [0.5, 0.6) is 5.75 Å². The maximum atomic E-state index is 13.0. The summed E-state index contributed by atoms with van der Waals surface area (Å²) in [6.45, 7) is 0.736. The zero-order valence-corrected chi connectivity index (χ0v) is 21.1. The first-order valence-electron chi connectivity index (χ1n) is 11.6. The fourth-order valence-corrected chi connectivity index (χ4v) is 4.13. The van der Waals surface area contributed by atoms with Crippen molar-refractivity contribution in [3.63, 3.8) is 0 Å². The monoisotopic (exact) mass is 537 g/mol. The number of amides is 1. The highest BCUT2D eigenvalue weighted by molar-refractivity contribution is 9.10. The molecule has 5 rings (SSSR count). The Bertz CT molecular complexity index is 1450. The van der Waals surface area contributed by atoms with Gasteiger partial charge in [0.1, 0.15) is 12.4 Å². The van der Waals surface area contributed by atoms with E-state index in [9.17, 15) is 4.79 Å². The van der Waals surface area contributed by atoms with Crippen molar-refractivity contribution in [2.45, 2.75) is 13.2 Å². The maximum absolute atomic E-state index is 13.0. The molecule has 0 fully saturated rings. The summed E-state index contributed by atoms with van der Waals surface area (Å²) in [7, 11) is 0. The van der Waals surface area contributed by atoms with Crippen LogP contribution in [0, 0.1) is 0 Å². The maximum Gasteiger partial charge on any atom is 0.251 e. The molecule has 178 valence electrons. The second-order valence-electron chi connectivity index (χ2n) is 8.27. The Hall–Kier alpha value is -4.16. The first kappa shape index (κ1) is 23.6. The Morgan fingerprint density at radius 1 is 0.861 bits per heavy atom. The zero-order valence-electron chi connectivity index (χ0n) is 19.5.